The summed E-state index contributed by atoms with van der Waals surface area (Å²) in [6.07, 6.45) is 0.944. The Balaban J connectivity index is 2.23. The maximum Gasteiger partial charge on any atom is 0.193 e. The van der Waals surface area contributed by atoms with Crippen LogP contribution in [0.4, 0.5) is 5.69 Å². The van der Waals surface area contributed by atoms with Crippen LogP contribution in [0.3, 0.4) is 0 Å². The van der Waals surface area contributed by atoms with Gasteiger partial charge in [-0.25, -0.2) is 0 Å². The number of hydrogen-bond acceptors (Lipinski definition) is 3. The monoisotopic (exact) mass is 383 g/mol. The number of anilines is 1. The first-order chi connectivity index (χ1) is 12.6. The van der Waals surface area contributed by atoms with Gasteiger partial charge >= 0.3 is 0 Å². The molecule has 27 heavy (non-hydrogen) atoms. The molecule has 1 heterocycles. The molecule has 2 aromatic rings. The summed E-state index contributed by atoms with van der Waals surface area (Å²) in [5, 5.41) is 0.144. The summed E-state index contributed by atoms with van der Waals surface area (Å²) < 4.78 is 12.7. The zero-order valence-electron chi connectivity index (χ0n) is 17.8. The van der Waals surface area contributed by atoms with E-state index in [1.54, 1.807) is 7.11 Å². The Bertz CT molecular complexity index is 798. The van der Waals surface area contributed by atoms with Crippen LogP contribution in [0.1, 0.15) is 38.3 Å². The highest BCUT2D eigenvalue weighted by molar-refractivity contribution is 6.74. The molecule has 0 amide bonds. The van der Waals surface area contributed by atoms with E-state index in [2.05, 4.69) is 94.3 Å². The molecule has 0 radical (unpaired) electrons. The topological polar surface area (TPSA) is 21.7 Å². The fourth-order valence-electron chi connectivity index (χ4n) is 3.64. The van der Waals surface area contributed by atoms with Gasteiger partial charge in [-0.3, -0.25) is 0 Å². The van der Waals surface area contributed by atoms with Crippen molar-refractivity contribution in [1.29, 1.82) is 0 Å². The molecule has 0 fully saturated rings. The standard InChI is InChI=1S/C23H33NO2Si/c1-22(2,3)27(6,7)26-23(18-11-9-8-10-12-18)15-16-24(4)21-17-19(25-5)13-14-20(21)23/h8-14,17H,15-16H2,1-7H3. The van der Waals surface area contributed by atoms with Gasteiger partial charge in [0.15, 0.2) is 8.32 Å². The third-order valence-corrected chi connectivity index (χ3v) is 10.8. The van der Waals surface area contributed by atoms with Crippen molar-refractivity contribution < 1.29 is 9.16 Å². The second-order valence-electron chi connectivity index (χ2n) is 9.11. The predicted octanol–water partition coefficient (Wildman–Crippen LogP) is 5.80. The summed E-state index contributed by atoms with van der Waals surface area (Å²) in [6, 6.07) is 17.1. The van der Waals surface area contributed by atoms with Gasteiger partial charge in [-0.1, -0.05) is 57.2 Å². The summed E-state index contributed by atoms with van der Waals surface area (Å²) in [4.78, 5) is 2.31. The normalized spacial score (nSPS) is 20.3. The highest BCUT2D eigenvalue weighted by Crippen LogP contribution is 2.50. The molecule has 0 bridgehead atoms. The Hall–Kier alpha value is -1.78. The van der Waals surface area contributed by atoms with Crippen molar-refractivity contribution >= 4 is 14.0 Å². The molecule has 1 aliphatic rings. The smallest absolute Gasteiger partial charge is 0.193 e. The van der Waals surface area contributed by atoms with Crippen molar-refractivity contribution in [1.82, 2.24) is 0 Å². The Morgan fingerprint density at radius 1 is 1.04 bits per heavy atom. The van der Waals surface area contributed by atoms with Crippen LogP contribution in [0.15, 0.2) is 48.5 Å². The van der Waals surface area contributed by atoms with Crippen molar-refractivity contribution in [2.75, 3.05) is 25.6 Å². The number of rotatable bonds is 4. The number of ether oxygens (including phenoxy) is 1. The molecular weight excluding hydrogens is 350 g/mol. The number of fused-ring (bicyclic) bond motifs is 1. The average Bonchev–Trinajstić information content (AvgIpc) is 2.63. The maximum absolute atomic E-state index is 7.24. The summed E-state index contributed by atoms with van der Waals surface area (Å²) >= 11 is 0. The van der Waals surface area contributed by atoms with Crippen LogP contribution in [0.25, 0.3) is 0 Å². The van der Waals surface area contributed by atoms with E-state index in [0.29, 0.717) is 0 Å². The molecule has 3 nitrogen and oxygen atoms in total. The SMILES string of the molecule is COc1ccc2c(c1)N(C)CCC2(O[Si](C)(C)C(C)(C)C)c1ccccc1. The third-order valence-electron chi connectivity index (χ3n) is 6.33. The van der Waals surface area contributed by atoms with E-state index in [0.717, 1.165) is 18.7 Å². The van der Waals surface area contributed by atoms with Crippen molar-refractivity contribution in [3.05, 3.63) is 59.7 Å². The van der Waals surface area contributed by atoms with E-state index in [9.17, 15) is 0 Å². The van der Waals surface area contributed by atoms with Crippen molar-refractivity contribution in [3.63, 3.8) is 0 Å². The summed E-state index contributed by atoms with van der Waals surface area (Å²) in [5.41, 5.74) is 3.27. The van der Waals surface area contributed by atoms with Gasteiger partial charge in [-0.15, -0.1) is 0 Å². The van der Waals surface area contributed by atoms with Crippen molar-refractivity contribution in [2.24, 2.45) is 0 Å². The number of nitrogens with zero attached hydrogens (tertiary/aromatic N) is 1. The molecule has 1 atom stereocenters. The minimum Gasteiger partial charge on any atom is -0.497 e. The lowest BCUT2D eigenvalue weighted by Crippen LogP contribution is -2.51. The van der Waals surface area contributed by atoms with Crippen LogP contribution >= 0.6 is 0 Å². The van der Waals surface area contributed by atoms with Crippen LogP contribution in [-0.4, -0.2) is 29.0 Å². The predicted molar refractivity (Wildman–Crippen MR) is 116 cm³/mol. The number of methoxy groups -OCH3 is 1. The summed E-state index contributed by atoms with van der Waals surface area (Å²) in [6.45, 7) is 12.6. The number of benzene rings is 2. The molecule has 0 spiro atoms. The molecule has 146 valence electrons. The molecule has 0 N–H and O–H groups in total. The molecule has 4 heteroatoms. The fourth-order valence-corrected chi connectivity index (χ4v) is 5.14. The Labute approximate surface area is 165 Å². The second-order valence-corrected chi connectivity index (χ2v) is 13.8. The summed E-state index contributed by atoms with van der Waals surface area (Å²) in [5.74, 6) is 0.886. The molecule has 0 aromatic heterocycles. The van der Waals surface area contributed by atoms with E-state index in [1.807, 2.05) is 0 Å². The van der Waals surface area contributed by atoms with E-state index in [1.165, 1.54) is 16.8 Å². The molecule has 0 saturated heterocycles. The van der Waals surface area contributed by atoms with Gasteiger partial charge in [0.2, 0.25) is 0 Å². The van der Waals surface area contributed by atoms with E-state index in [4.69, 9.17) is 9.16 Å². The molecule has 1 aliphatic heterocycles. The Kier molecular flexibility index (Phi) is 5.17. The zero-order chi connectivity index (χ0) is 19.9. The van der Waals surface area contributed by atoms with Crippen LogP contribution < -0.4 is 9.64 Å². The van der Waals surface area contributed by atoms with Gasteiger partial charge in [-0.05, 0) is 29.8 Å². The molecule has 1 unspecified atom stereocenters. The van der Waals surface area contributed by atoms with Crippen LogP contribution in [0.2, 0.25) is 18.1 Å². The van der Waals surface area contributed by atoms with E-state index >= 15 is 0 Å². The first-order valence-corrected chi connectivity index (χ1v) is 12.7. The van der Waals surface area contributed by atoms with Gasteiger partial charge in [0.05, 0.1) is 7.11 Å². The van der Waals surface area contributed by atoms with Gasteiger partial charge in [-0.2, -0.15) is 0 Å². The average molecular weight is 384 g/mol. The first-order valence-electron chi connectivity index (χ1n) is 9.76. The second kappa shape index (κ2) is 6.99. The summed E-state index contributed by atoms with van der Waals surface area (Å²) in [7, 11) is 1.87. The lowest BCUT2D eigenvalue weighted by Gasteiger charge is -2.50. The van der Waals surface area contributed by atoms with Gasteiger partial charge in [0.25, 0.3) is 0 Å². The van der Waals surface area contributed by atoms with Crippen molar-refractivity contribution in [3.8, 4) is 5.75 Å². The molecular formula is C23H33NO2Si. The lowest BCUT2D eigenvalue weighted by molar-refractivity contribution is 0.0807. The zero-order valence-corrected chi connectivity index (χ0v) is 18.8. The maximum atomic E-state index is 7.24. The van der Waals surface area contributed by atoms with Gasteiger partial charge < -0.3 is 14.1 Å². The third kappa shape index (κ3) is 3.53. The molecule has 0 aliphatic carbocycles. The quantitative estimate of drug-likeness (QED) is 0.623. The Morgan fingerprint density at radius 2 is 1.70 bits per heavy atom. The highest BCUT2D eigenvalue weighted by atomic mass is 28.4. The fraction of sp³-hybridized carbons (Fsp3) is 0.478. The minimum absolute atomic E-state index is 0.144. The van der Waals surface area contributed by atoms with Crippen LogP contribution in [0.5, 0.6) is 5.75 Å². The Morgan fingerprint density at radius 3 is 2.30 bits per heavy atom. The minimum atomic E-state index is -2.01. The van der Waals surface area contributed by atoms with Gasteiger partial charge in [0, 0.05) is 37.3 Å². The largest absolute Gasteiger partial charge is 0.497 e. The lowest BCUT2D eigenvalue weighted by atomic mass is 9.80. The van der Waals surface area contributed by atoms with Crippen LogP contribution in [-0.2, 0) is 10.0 Å². The van der Waals surface area contributed by atoms with E-state index in [-0.39, 0.29) is 5.04 Å². The molecule has 3 rings (SSSR count). The van der Waals surface area contributed by atoms with Crippen molar-refractivity contribution in [2.45, 2.75) is 50.9 Å². The number of hydrogen-bond donors (Lipinski definition) is 0. The van der Waals surface area contributed by atoms with Gasteiger partial charge in [0.1, 0.15) is 11.4 Å². The van der Waals surface area contributed by atoms with Crippen LogP contribution in [0, 0.1) is 0 Å². The molecule has 0 saturated carbocycles. The highest BCUT2D eigenvalue weighted by Gasteiger charge is 2.49. The first kappa shape index (κ1) is 20.0. The van der Waals surface area contributed by atoms with E-state index < -0.39 is 13.9 Å². The molecule has 2 aromatic carbocycles.